The Hall–Kier alpha value is 0.500. The van der Waals surface area contributed by atoms with Gasteiger partial charge in [0.25, 0.3) is 0 Å². The van der Waals surface area contributed by atoms with Crippen LogP contribution in [0.4, 0.5) is 0 Å². The van der Waals surface area contributed by atoms with E-state index in [9.17, 15) is 0 Å². The molecule has 2 nitrogen and oxygen atoms in total. The van der Waals surface area contributed by atoms with Gasteiger partial charge in [0.2, 0.25) is 0 Å². The van der Waals surface area contributed by atoms with Gasteiger partial charge in [-0.15, -0.1) is 23.2 Å². The Bertz CT molecular complexity index is 185. The molecule has 0 bridgehead atoms. The first-order valence-corrected chi connectivity index (χ1v) is 6.63. The van der Waals surface area contributed by atoms with Crippen LogP contribution in [0.2, 0.25) is 0 Å². The molecule has 0 aliphatic heterocycles. The number of nitrogens with one attached hydrogen (secondary N) is 1. The molecule has 0 aromatic rings. The van der Waals surface area contributed by atoms with Gasteiger partial charge in [0.1, 0.15) is 0 Å². The summed E-state index contributed by atoms with van der Waals surface area (Å²) in [6, 6.07) is 0.492. The second-order valence-electron chi connectivity index (χ2n) is 4.69. The van der Waals surface area contributed by atoms with Crippen molar-refractivity contribution in [2.24, 2.45) is 0 Å². The van der Waals surface area contributed by atoms with Gasteiger partial charge in [0.15, 0.2) is 0 Å². The molecule has 90 valence electrons. The first-order valence-electron chi connectivity index (χ1n) is 5.56. The molecular formula is C11H21Cl2NO. The maximum Gasteiger partial charge on any atom is 0.0586 e. The lowest BCUT2D eigenvalue weighted by molar-refractivity contribution is 0.0549. The Balaban J connectivity index is 2.43. The average Bonchev–Trinajstić information content (AvgIpc) is 2.29. The number of hydrogen-bond acceptors (Lipinski definition) is 2. The Morgan fingerprint density at radius 1 is 1.33 bits per heavy atom. The molecule has 1 aliphatic carbocycles. The third-order valence-electron chi connectivity index (χ3n) is 3.10. The summed E-state index contributed by atoms with van der Waals surface area (Å²) >= 11 is 11.8. The molecule has 1 N–H and O–H groups in total. The first kappa shape index (κ1) is 13.6. The lowest BCUT2D eigenvalue weighted by Crippen LogP contribution is -2.53. The number of halogens is 2. The summed E-state index contributed by atoms with van der Waals surface area (Å²) in [6.45, 7) is 2.07. The number of alkyl halides is 2. The van der Waals surface area contributed by atoms with Crippen molar-refractivity contribution in [3.8, 4) is 0 Å². The first-order chi connectivity index (χ1) is 7.13. The molecule has 2 unspecified atom stereocenters. The van der Waals surface area contributed by atoms with Gasteiger partial charge in [0.05, 0.1) is 6.10 Å². The van der Waals surface area contributed by atoms with Gasteiger partial charge < -0.3 is 10.1 Å². The molecule has 1 saturated carbocycles. The molecule has 0 aromatic heterocycles. The maximum atomic E-state index is 5.92. The number of hydrogen-bond donors (Lipinski definition) is 1. The van der Waals surface area contributed by atoms with E-state index < -0.39 is 0 Å². The van der Waals surface area contributed by atoms with E-state index in [0.29, 0.717) is 23.9 Å². The van der Waals surface area contributed by atoms with Crippen LogP contribution in [0.1, 0.15) is 32.6 Å². The summed E-state index contributed by atoms with van der Waals surface area (Å²) in [7, 11) is 1.79. The van der Waals surface area contributed by atoms with Gasteiger partial charge in [-0.25, -0.2) is 0 Å². The molecule has 0 aromatic carbocycles. The van der Waals surface area contributed by atoms with Crippen LogP contribution >= 0.6 is 23.2 Å². The van der Waals surface area contributed by atoms with Crippen LogP contribution in [-0.2, 0) is 4.74 Å². The molecule has 0 spiro atoms. The lowest BCUT2D eigenvalue weighted by atomic mass is 9.91. The summed E-state index contributed by atoms with van der Waals surface area (Å²) in [5.41, 5.74) is -0.149. The quantitative estimate of drug-likeness (QED) is 0.762. The van der Waals surface area contributed by atoms with Gasteiger partial charge in [-0.3, -0.25) is 0 Å². The predicted octanol–water partition coefficient (Wildman–Crippen LogP) is 2.77. The fourth-order valence-electron chi connectivity index (χ4n) is 2.10. The van der Waals surface area contributed by atoms with Crippen molar-refractivity contribution in [1.29, 1.82) is 0 Å². The number of rotatable bonds is 5. The van der Waals surface area contributed by atoms with E-state index in [2.05, 4.69) is 12.2 Å². The predicted molar refractivity (Wildman–Crippen MR) is 66.0 cm³/mol. The van der Waals surface area contributed by atoms with Gasteiger partial charge >= 0.3 is 0 Å². The second-order valence-corrected chi connectivity index (χ2v) is 5.23. The lowest BCUT2D eigenvalue weighted by Gasteiger charge is -2.36. The average molecular weight is 254 g/mol. The molecule has 0 amide bonds. The van der Waals surface area contributed by atoms with Gasteiger partial charge in [-0.2, -0.15) is 0 Å². The van der Waals surface area contributed by atoms with Crippen LogP contribution in [0.15, 0.2) is 0 Å². The monoisotopic (exact) mass is 253 g/mol. The zero-order chi connectivity index (χ0) is 11.3. The Morgan fingerprint density at radius 3 is 2.53 bits per heavy atom. The van der Waals surface area contributed by atoms with Crippen LogP contribution < -0.4 is 5.32 Å². The van der Waals surface area contributed by atoms with E-state index in [0.717, 1.165) is 6.42 Å². The van der Waals surface area contributed by atoms with Crippen molar-refractivity contribution in [2.45, 2.75) is 50.3 Å². The fraction of sp³-hybridized carbons (Fsp3) is 1.00. The zero-order valence-electron chi connectivity index (χ0n) is 9.56. The summed E-state index contributed by atoms with van der Waals surface area (Å²) in [6.07, 6.45) is 5.05. The van der Waals surface area contributed by atoms with E-state index in [1.54, 1.807) is 7.11 Å². The second kappa shape index (κ2) is 6.29. The topological polar surface area (TPSA) is 21.3 Å². The zero-order valence-corrected chi connectivity index (χ0v) is 11.1. The Kier molecular flexibility index (Phi) is 5.69. The molecule has 1 rings (SSSR count). The standard InChI is InChI=1S/C11H21Cl2NO/c1-11(7-12,8-13)14-9-4-3-5-10(6-9)15-2/h9-10,14H,3-8H2,1-2H3. The van der Waals surface area contributed by atoms with Crippen molar-refractivity contribution in [1.82, 2.24) is 5.32 Å². The molecule has 1 aliphatic rings. The van der Waals surface area contributed by atoms with Crippen molar-refractivity contribution in [3.63, 3.8) is 0 Å². The summed E-state index contributed by atoms with van der Waals surface area (Å²) in [5, 5.41) is 3.55. The maximum absolute atomic E-state index is 5.92. The van der Waals surface area contributed by atoms with Gasteiger partial charge in [-0.1, -0.05) is 0 Å². The summed E-state index contributed by atoms with van der Waals surface area (Å²) < 4.78 is 5.40. The van der Waals surface area contributed by atoms with Gasteiger partial charge in [-0.05, 0) is 32.6 Å². The SMILES string of the molecule is COC1CCCC(NC(C)(CCl)CCl)C1. The molecule has 4 heteroatoms. The van der Waals surface area contributed by atoms with Crippen LogP contribution in [0.5, 0.6) is 0 Å². The number of methoxy groups -OCH3 is 1. The molecule has 1 fully saturated rings. The highest BCUT2D eigenvalue weighted by atomic mass is 35.5. The van der Waals surface area contributed by atoms with Crippen molar-refractivity contribution < 1.29 is 4.74 Å². The third kappa shape index (κ3) is 4.10. The molecule has 0 saturated heterocycles. The van der Waals surface area contributed by atoms with E-state index in [4.69, 9.17) is 27.9 Å². The summed E-state index contributed by atoms with van der Waals surface area (Å²) in [5.74, 6) is 1.09. The summed E-state index contributed by atoms with van der Waals surface area (Å²) in [4.78, 5) is 0. The van der Waals surface area contributed by atoms with Crippen LogP contribution in [0, 0.1) is 0 Å². The molecule has 0 radical (unpaired) electrons. The highest BCUT2D eigenvalue weighted by Gasteiger charge is 2.29. The smallest absolute Gasteiger partial charge is 0.0586 e. The fourth-order valence-corrected chi connectivity index (χ4v) is 2.54. The Morgan fingerprint density at radius 2 is 2.00 bits per heavy atom. The largest absolute Gasteiger partial charge is 0.381 e. The van der Waals surface area contributed by atoms with E-state index >= 15 is 0 Å². The van der Waals surface area contributed by atoms with Crippen molar-refractivity contribution in [2.75, 3.05) is 18.9 Å². The minimum atomic E-state index is -0.149. The van der Waals surface area contributed by atoms with Gasteiger partial charge in [0, 0.05) is 30.5 Å². The molecule has 15 heavy (non-hydrogen) atoms. The van der Waals surface area contributed by atoms with E-state index in [1.807, 2.05) is 0 Å². The molecular weight excluding hydrogens is 233 g/mol. The highest BCUT2D eigenvalue weighted by molar-refractivity contribution is 6.22. The van der Waals surface area contributed by atoms with E-state index in [1.165, 1.54) is 19.3 Å². The Labute approximate surface area is 103 Å². The number of ether oxygens (including phenoxy) is 1. The molecule has 2 atom stereocenters. The minimum Gasteiger partial charge on any atom is -0.381 e. The highest BCUT2D eigenvalue weighted by Crippen LogP contribution is 2.23. The van der Waals surface area contributed by atoms with Crippen molar-refractivity contribution >= 4 is 23.2 Å². The third-order valence-corrected chi connectivity index (χ3v) is 4.28. The van der Waals surface area contributed by atoms with Crippen LogP contribution in [0.3, 0.4) is 0 Å². The van der Waals surface area contributed by atoms with Crippen LogP contribution in [-0.4, -0.2) is 36.6 Å². The minimum absolute atomic E-state index is 0.149. The van der Waals surface area contributed by atoms with E-state index in [-0.39, 0.29) is 5.54 Å². The van der Waals surface area contributed by atoms with Crippen LogP contribution in [0.25, 0.3) is 0 Å². The van der Waals surface area contributed by atoms with Crippen molar-refractivity contribution in [3.05, 3.63) is 0 Å². The molecule has 0 heterocycles. The normalized spacial score (nSPS) is 28.0.